The van der Waals surface area contributed by atoms with Gasteiger partial charge in [-0.1, -0.05) is 0 Å². The van der Waals surface area contributed by atoms with Crippen LogP contribution in [0.4, 0.5) is 0 Å². The summed E-state index contributed by atoms with van der Waals surface area (Å²) in [5.41, 5.74) is 4.22. The van der Waals surface area contributed by atoms with Gasteiger partial charge in [-0.2, -0.15) is 0 Å². The van der Waals surface area contributed by atoms with Crippen molar-refractivity contribution in [3.8, 4) is 0 Å². The first-order chi connectivity index (χ1) is 4.04. The number of nitrogens with zero attached hydrogens (tertiary/aromatic N) is 1. The van der Waals surface area contributed by atoms with E-state index >= 15 is 0 Å². The van der Waals surface area contributed by atoms with Gasteiger partial charge in [0, 0.05) is 14.0 Å². The van der Waals surface area contributed by atoms with Crippen molar-refractivity contribution in [1.29, 1.82) is 0 Å². The Morgan fingerprint density at radius 2 is 2.22 bits per heavy atom. The van der Waals surface area contributed by atoms with Crippen LogP contribution in [0.1, 0.15) is 6.92 Å². The minimum atomic E-state index is -0.234. The van der Waals surface area contributed by atoms with Crippen LogP contribution >= 0.6 is 0 Å². The van der Waals surface area contributed by atoms with Gasteiger partial charge >= 0.3 is 0 Å². The minimum absolute atomic E-state index is 0.234. The van der Waals surface area contributed by atoms with Gasteiger partial charge in [0.1, 0.15) is 5.70 Å². The van der Waals surface area contributed by atoms with Crippen LogP contribution in [0.25, 0.3) is 0 Å². The predicted molar refractivity (Wildman–Crippen MR) is 33.6 cm³/mol. The van der Waals surface area contributed by atoms with Crippen molar-refractivity contribution < 1.29 is 10.5 Å². The molecule has 0 saturated carbocycles. The van der Waals surface area contributed by atoms with Crippen molar-refractivity contribution >= 4 is 5.91 Å². The summed E-state index contributed by atoms with van der Waals surface area (Å²) in [5.74, 6) is 4.86. The van der Waals surface area contributed by atoms with Crippen LogP contribution in [-0.4, -0.2) is 18.0 Å². The van der Waals surface area contributed by atoms with Gasteiger partial charge in [-0.05, 0) is 0 Å². The average molecular weight is 130 g/mol. The summed E-state index contributed by atoms with van der Waals surface area (Å²) in [6, 6.07) is 0. The molecule has 0 fully saturated rings. The summed E-state index contributed by atoms with van der Waals surface area (Å²) < 4.78 is 0. The molecule has 9 heavy (non-hydrogen) atoms. The number of hydrogen-bond acceptors (Lipinski definition) is 2. The fourth-order valence-corrected chi connectivity index (χ4v) is 0.313. The highest BCUT2D eigenvalue weighted by atomic mass is 16.2. The third-order valence-corrected chi connectivity index (χ3v) is 0.718. The molecule has 0 aromatic heterocycles. The third kappa shape index (κ3) is 3.69. The molecule has 0 saturated heterocycles. The Kier molecular flexibility index (Phi) is 2.90. The second-order valence-electron chi connectivity index (χ2n) is 1.94. The molecule has 0 radical (unpaired) electrons. The van der Waals surface area contributed by atoms with Crippen molar-refractivity contribution in [3.05, 3.63) is 11.8 Å². The molecule has 0 unspecified atom stereocenters. The number of allylic oxidation sites excluding steroid dienone is 1. The van der Waals surface area contributed by atoms with Crippen molar-refractivity contribution in [2.45, 2.75) is 6.92 Å². The lowest BCUT2D eigenvalue weighted by Crippen LogP contribution is -2.47. The Morgan fingerprint density at radius 1 is 1.78 bits per heavy atom. The molecule has 52 valence electrons. The average Bonchev–Trinajstić information content (AvgIpc) is 1.63. The topological polar surface area (TPSA) is 74.0 Å². The Balaban J connectivity index is 3.93. The maximum Gasteiger partial charge on any atom is 0.265 e. The summed E-state index contributed by atoms with van der Waals surface area (Å²) in [7, 11) is 1.49. The molecule has 5 N–H and O–H groups in total. The highest BCUT2D eigenvalue weighted by Crippen LogP contribution is 1.80. The predicted octanol–water partition coefficient (Wildman–Crippen LogP) is -1.54. The number of hydrazine groups is 1. The smallest absolute Gasteiger partial charge is 0.265 e. The molecule has 0 aliphatic rings. The highest BCUT2D eigenvalue weighted by Gasteiger charge is 1.98. The Hall–Kier alpha value is -0.870. The van der Waals surface area contributed by atoms with E-state index in [2.05, 4.69) is 5.73 Å². The van der Waals surface area contributed by atoms with E-state index in [1.807, 2.05) is 0 Å². The zero-order valence-electron chi connectivity index (χ0n) is 5.72. The summed E-state index contributed by atoms with van der Waals surface area (Å²) in [4.78, 5) is 10.6. The molecule has 0 aliphatic heterocycles. The molecule has 0 bridgehead atoms. The summed E-state index contributed by atoms with van der Waals surface area (Å²) in [5, 5.41) is 1.01. The molecule has 1 amide bonds. The van der Waals surface area contributed by atoms with Gasteiger partial charge in [0.15, 0.2) is 0 Å². The minimum Gasteiger partial charge on any atom is -0.329 e. The fourth-order valence-electron chi connectivity index (χ4n) is 0.313. The summed E-state index contributed by atoms with van der Waals surface area (Å²) in [6.45, 7) is 1.74. The van der Waals surface area contributed by atoms with Crippen LogP contribution in [0.5, 0.6) is 0 Å². The number of likely N-dealkylation sites (N-methyl/N-ethyl adjacent to an activating group) is 1. The van der Waals surface area contributed by atoms with Gasteiger partial charge in [0.25, 0.3) is 5.91 Å². The molecule has 0 atom stereocenters. The summed E-state index contributed by atoms with van der Waals surface area (Å²) >= 11 is 0. The van der Waals surface area contributed by atoms with Gasteiger partial charge in [0.2, 0.25) is 0 Å². The molecule has 0 spiro atoms. The van der Waals surface area contributed by atoms with E-state index in [0.717, 1.165) is 5.01 Å². The number of quaternary nitrogens is 1. The first-order valence-corrected chi connectivity index (χ1v) is 2.56. The van der Waals surface area contributed by atoms with Crippen molar-refractivity contribution in [1.82, 2.24) is 5.01 Å². The normalized spacial score (nSPS) is 11.3. The Labute approximate surface area is 54.1 Å². The molecule has 0 aromatic rings. The van der Waals surface area contributed by atoms with Crippen LogP contribution in [0.15, 0.2) is 11.8 Å². The van der Waals surface area contributed by atoms with Crippen LogP contribution in [0, 0.1) is 0 Å². The molecule has 0 aromatic carbocycles. The number of rotatable bonds is 1. The van der Waals surface area contributed by atoms with E-state index < -0.39 is 0 Å². The molecule has 4 nitrogen and oxygen atoms in total. The molecule has 4 heteroatoms. The molecular formula is C5H12N3O+. The molecule has 0 rings (SSSR count). The maximum absolute atomic E-state index is 10.6. The molecule has 0 heterocycles. The van der Waals surface area contributed by atoms with Crippen molar-refractivity contribution in [2.24, 2.45) is 5.84 Å². The fraction of sp³-hybridized carbons (Fsp3) is 0.400. The molecular weight excluding hydrogens is 118 g/mol. The van der Waals surface area contributed by atoms with Crippen molar-refractivity contribution in [2.75, 3.05) is 7.05 Å². The van der Waals surface area contributed by atoms with E-state index in [0.29, 0.717) is 5.70 Å². The van der Waals surface area contributed by atoms with Gasteiger partial charge < -0.3 is 5.73 Å². The van der Waals surface area contributed by atoms with Crippen LogP contribution in [0.3, 0.4) is 0 Å². The van der Waals surface area contributed by atoms with Crippen LogP contribution < -0.4 is 11.6 Å². The first-order valence-electron chi connectivity index (χ1n) is 2.56. The number of nitrogens with two attached hydrogens (primary N) is 1. The van der Waals surface area contributed by atoms with Crippen LogP contribution in [0.2, 0.25) is 0 Å². The summed E-state index contributed by atoms with van der Waals surface area (Å²) in [6.07, 6.45) is 1.38. The second kappa shape index (κ2) is 3.21. The second-order valence-corrected chi connectivity index (χ2v) is 1.94. The quantitative estimate of drug-likeness (QED) is 0.195. The lowest BCUT2D eigenvalue weighted by molar-refractivity contribution is -0.301. The third-order valence-electron chi connectivity index (χ3n) is 0.718. The van der Waals surface area contributed by atoms with E-state index in [1.54, 1.807) is 6.92 Å². The van der Waals surface area contributed by atoms with Gasteiger partial charge in [-0.25, -0.2) is 5.84 Å². The zero-order valence-corrected chi connectivity index (χ0v) is 5.72. The van der Waals surface area contributed by atoms with Crippen LogP contribution in [-0.2, 0) is 4.79 Å². The standard InChI is InChI=1S/C5H11N3O/c1-4(6)3-5(9)8(2)7/h3H,6-7H2,1-2H3/p+1/b4-3-. The van der Waals surface area contributed by atoms with Gasteiger partial charge in [-0.15, -0.1) is 0 Å². The number of amides is 1. The number of carbonyl (C=O) groups excluding carboxylic acids is 1. The Bertz CT molecular complexity index is 135. The first kappa shape index (κ1) is 8.13. The number of carbonyl (C=O) groups is 1. The SMILES string of the molecule is C/C([NH3+])=C/C(=O)N(C)N. The molecule has 0 aliphatic carbocycles. The Morgan fingerprint density at radius 3 is 2.33 bits per heavy atom. The lowest BCUT2D eigenvalue weighted by Gasteiger charge is -2.03. The maximum atomic E-state index is 10.6. The highest BCUT2D eigenvalue weighted by molar-refractivity contribution is 5.87. The van der Waals surface area contributed by atoms with E-state index in [9.17, 15) is 4.79 Å². The van der Waals surface area contributed by atoms with Gasteiger partial charge in [-0.3, -0.25) is 9.80 Å². The lowest BCUT2D eigenvalue weighted by atomic mass is 10.4. The van der Waals surface area contributed by atoms with Gasteiger partial charge in [0.05, 0.1) is 6.08 Å². The van der Waals surface area contributed by atoms with E-state index in [1.165, 1.54) is 13.1 Å². The number of hydrogen-bond donors (Lipinski definition) is 2. The largest absolute Gasteiger partial charge is 0.329 e. The zero-order chi connectivity index (χ0) is 7.44. The van der Waals surface area contributed by atoms with E-state index in [4.69, 9.17) is 5.84 Å². The van der Waals surface area contributed by atoms with Crippen molar-refractivity contribution in [3.63, 3.8) is 0 Å². The van der Waals surface area contributed by atoms with E-state index in [-0.39, 0.29) is 5.91 Å². The monoisotopic (exact) mass is 130 g/mol.